The lowest BCUT2D eigenvalue weighted by Gasteiger charge is -2.26. The zero-order valence-electron chi connectivity index (χ0n) is 17.5. The first-order chi connectivity index (χ1) is 15.3. The van der Waals surface area contributed by atoms with E-state index >= 15 is 0 Å². The molecule has 0 unspecified atom stereocenters. The average molecular weight is 455 g/mol. The molecule has 0 atom stereocenters. The smallest absolute Gasteiger partial charge is 0.282 e. The van der Waals surface area contributed by atoms with E-state index in [1.807, 2.05) is 36.9 Å². The van der Waals surface area contributed by atoms with E-state index in [1.54, 1.807) is 0 Å². The summed E-state index contributed by atoms with van der Waals surface area (Å²) in [5, 5.41) is 14.0. The van der Waals surface area contributed by atoms with Gasteiger partial charge in [0.1, 0.15) is 12.1 Å². The molecule has 1 N–H and O–H groups in total. The molecule has 2 aromatic carbocycles. The highest BCUT2D eigenvalue weighted by Gasteiger charge is 2.41. The van der Waals surface area contributed by atoms with E-state index in [4.69, 9.17) is 0 Å². The van der Waals surface area contributed by atoms with Gasteiger partial charge in [0.2, 0.25) is 5.91 Å². The third kappa shape index (κ3) is 4.37. The zero-order chi connectivity index (χ0) is 22.8. The van der Waals surface area contributed by atoms with Gasteiger partial charge in [-0.05, 0) is 30.2 Å². The topological polar surface area (TPSA) is 113 Å². The van der Waals surface area contributed by atoms with Crippen LogP contribution in [0.5, 0.6) is 0 Å². The van der Waals surface area contributed by atoms with E-state index < -0.39 is 34.9 Å². The fourth-order valence-electron chi connectivity index (χ4n) is 3.93. The molecule has 1 saturated heterocycles. The van der Waals surface area contributed by atoms with Gasteiger partial charge >= 0.3 is 0 Å². The summed E-state index contributed by atoms with van der Waals surface area (Å²) in [5.74, 6) is 0.170. The molecular weight excluding hydrogens is 432 g/mol. The minimum atomic E-state index is -0.834. The van der Waals surface area contributed by atoms with Crippen LogP contribution in [0.3, 0.4) is 0 Å². The summed E-state index contributed by atoms with van der Waals surface area (Å²) in [5.41, 5.74) is 1.85. The number of rotatable bonds is 6. The Morgan fingerprint density at radius 2 is 1.91 bits per heavy atom. The summed E-state index contributed by atoms with van der Waals surface area (Å²) in [7, 11) is 0. The molecule has 0 aliphatic carbocycles. The minimum Gasteiger partial charge on any atom is -0.324 e. The van der Waals surface area contributed by atoms with Crippen molar-refractivity contribution in [3.05, 3.63) is 68.8 Å². The molecule has 0 saturated carbocycles. The zero-order valence-corrected chi connectivity index (χ0v) is 18.3. The molecule has 1 fully saturated rings. The molecule has 32 heavy (non-hydrogen) atoms. The Labute approximate surface area is 188 Å². The summed E-state index contributed by atoms with van der Waals surface area (Å²) >= 11 is 1.96. The molecule has 2 aliphatic rings. The number of imide groups is 1. The van der Waals surface area contributed by atoms with Gasteiger partial charge in [-0.1, -0.05) is 18.2 Å². The maximum Gasteiger partial charge on any atom is 0.282 e. The molecule has 166 valence electrons. The minimum absolute atomic E-state index is 0.0614. The summed E-state index contributed by atoms with van der Waals surface area (Å²) in [4.78, 5) is 51.4. The molecule has 4 rings (SSSR count). The van der Waals surface area contributed by atoms with Gasteiger partial charge in [0.15, 0.2) is 0 Å². The summed E-state index contributed by atoms with van der Waals surface area (Å²) in [6, 6.07) is 9.65. The predicted molar refractivity (Wildman–Crippen MR) is 121 cm³/mol. The van der Waals surface area contributed by atoms with Crippen LogP contribution < -0.4 is 5.32 Å². The first-order valence-corrected chi connectivity index (χ1v) is 11.3. The van der Waals surface area contributed by atoms with E-state index in [-0.39, 0.29) is 11.1 Å². The molecule has 0 radical (unpaired) electrons. The Kier molecular flexibility index (Phi) is 6.24. The predicted octanol–water partition coefficient (Wildman–Crippen LogP) is 2.69. The molecular formula is C22H22N4O5S. The van der Waals surface area contributed by atoms with E-state index in [2.05, 4.69) is 10.2 Å². The lowest BCUT2D eigenvalue weighted by Crippen LogP contribution is -2.37. The number of anilines is 1. The van der Waals surface area contributed by atoms with Crippen molar-refractivity contribution in [2.45, 2.75) is 13.5 Å². The third-order valence-electron chi connectivity index (χ3n) is 5.55. The highest BCUT2D eigenvalue weighted by Crippen LogP contribution is 2.30. The maximum atomic E-state index is 12.6. The normalized spacial score (nSPS) is 16.2. The van der Waals surface area contributed by atoms with Gasteiger partial charge in [0, 0.05) is 42.9 Å². The van der Waals surface area contributed by atoms with Gasteiger partial charge in [0.25, 0.3) is 17.5 Å². The molecule has 0 aromatic heterocycles. The first kappa shape index (κ1) is 22.0. The van der Waals surface area contributed by atoms with Crippen LogP contribution in [0.1, 0.15) is 31.8 Å². The van der Waals surface area contributed by atoms with Crippen LogP contribution in [0, 0.1) is 17.0 Å². The van der Waals surface area contributed by atoms with E-state index in [9.17, 15) is 24.5 Å². The number of hydrogen-bond donors (Lipinski definition) is 1. The molecule has 2 aromatic rings. The van der Waals surface area contributed by atoms with Crippen LogP contribution in [0.15, 0.2) is 36.4 Å². The van der Waals surface area contributed by atoms with E-state index in [1.165, 1.54) is 18.2 Å². The van der Waals surface area contributed by atoms with Gasteiger partial charge in [0.05, 0.1) is 10.5 Å². The number of fused-ring (bicyclic) bond motifs is 1. The SMILES string of the molecule is Cc1cc(CN2CCSCC2)ccc1NC(=O)CN1C(=O)c2cccc([N+](=O)[O-])c2C1=O. The molecule has 9 nitrogen and oxygen atoms in total. The molecule has 2 aliphatic heterocycles. The highest BCUT2D eigenvalue weighted by atomic mass is 32.2. The quantitative estimate of drug-likeness (QED) is 0.406. The Hall–Kier alpha value is -3.24. The number of thioether (sulfide) groups is 1. The molecule has 10 heteroatoms. The lowest BCUT2D eigenvalue weighted by molar-refractivity contribution is -0.385. The van der Waals surface area contributed by atoms with Crippen molar-refractivity contribution in [3.8, 4) is 0 Å². The number of nitrogens with one attached hydrogen (secondary N) is 1. The average Bonchev–Trinajstić information content (AvgIpc) is 3.01. The number of hydrogen-bond acceptors (Lipinski definition) is 7. The molecule has 2 heterocycles. The Balaban J connectivity index is 1.43. The van der Waals surface area contributed by atoms with E-state index in [0.717, 1.165) is 47.2 Å². The summed E-state index contributed by atoms with van der Waals surface area (Å²) in [6.07, 6.45) is 0. The third-order valence-corrected chi connectivity index (χ3v) is 6.49. The Bertz CT molecular complexity index is 1110. The van der Waals surface area contributed by atoms with E-state index in [0.29, 0.717) is 5.69 Å². The Morgan fingerprint density at radius 3 is 2.59 bits per heavy atom. The van der Waals surface area contributed by atoms with Gasteiger partial charge in [-0.15, -0.1) is 0 Å². The van der Waals surface area contributed by atoms with Crippen molar-refractivity contribution >= 4 is 40.9 Å². The van der Waals surface area contributed by atoms with Crippen molar-refractivity contribution in [1.29, 1.82) is 0 Å². The van der Waals surface area contributed by atoms with Gasteiger partial charge < -0.3 is 5.32 Å². The van der Waals surface area contributed by atoms with Gasteiger partial charge in [-0.25, -0.2) is 0 Å². The van der Waals surface area contributed by atoms with Crippen LogP contribution in [0.4, 0.5) is 11.4 Å². The van der Waals surface area contributed by atoms with Crippen LogP contribution in [-0.4, -0.2) is 63.6 Å². The Morgan fingerprint density at radius 1 is 1.16 bits per heavy atom. The number of benzene rings is 2. The lowest BCUT2D eigenvalue weighted by atomic mass is 10.1. The second-order valence-corrected chi connectivity index (χ2v) is 8.96. The van der Waals surface area contributed by atoms with Crippen molar-refractivity contribution in [1.82, 2.24) is 9.80 Å². The summed E-state index contributed by atoms with van der Waals surface area (Å²) in [6.45, 7) is 4.33. The van der Waals surface area contributed by atoms with Crippen molar-refractivity contribution < 1.29 is 19.3 Å². The van der Waals surface area contributed by atoms with Crippen molar-refractivity contribution in [2.24, 2.45) is 0 Å². The number of aryl methyl sites for hydroxylation is 1. The van der Waals surface area contributed by atoms with Crippen molar-refractivity contribution in [2.75, 3.05) is 36.5 Å². The molecule has 0 spiro atoms. The van der Waals surface area contributed by atoms with Crippen LogP contribution in [0.2, 0.25) is 0 Å². The highest BCUT2D eigenvalue weighted by molar-refractivity contribution is 7.99. The number of nitro groups is 1. The van der Waals surface area contributed by atoms with Crippen LogP contribution >= 0.6 is 11.8 Å². The monoisotopic (exact) mass is 454 g/mol. The van der Waals surface area contributed by atoms with Crippen LogP contribution in [-0.2, 0) is 11.3 Å². The molecule has 0 bridgehead atoms. The fraction of sp³-hybridized carbons (Fsp3) is 0.318. The van der Waals surface area contributed by atoms with Gasteiger partial charge in [-0.2, -0.15) is 11.8 Å². The largest absolute Gasteiger partial charge is 0.324 e. The number of carbonyl (C=O) groups is 3. The number of amides is 3. The number of nitrogens with zero attached hydrogens (tertiary/aromatic N) is 3. The fourth-order valence-corrected chi connectivity index (χ4v) is 4.91. The van der Waals surface area contributed by atoms with Crippen molar-refractivity contribution in [3.63, 3.8) is 0 Å². The first-order valence-electron chi connectivity index (χ1n) is 10.2. The number of carbonyl (C=O) groups excluding carboxylic acids is 3. The second-order valence-electron chi connectivity index (χ2n) is 7.74. The van der Waals surface area contributed by atoms with Gasteiger partial charge in [-0.3, -0.25) is 34.3 Å². The molecule has 3 amide bonds. The second kappa shape index (κ2) is 9.09. The maximum absolute atomic E-state index is 12.6. The summed E-state index contributed by atoms with van der Waals surface area (Å²) < 4.78 is 0. The standard InChI is InChI=1S/C22H22N4O5S/c1-14-11-15(12-24-7-9-32-10-8-24)5-6-17(14)23-19(27)13-25-21(28)16-3-2-4-18(26(30)31)20(16)22(25)29/h2-6,11H,7-10,12-13H2,1H3,(H,23,27). The number of nitro benzene ring substituents is 1. The van der Waals surface area contributed by atoms with Crippen LogP contribution in [0.25, 0.3) is 0 Å².